The molecule has 0 spiro atoms. The number of methoxy groups -OCH3 is 1. The summed E-state index contributed by atoms with van der Waals surface area (Å²) in [6.45, 7) is 0.0716. The number of aromatic amines is 1. The van der Waals surface area contributed by atoms with E-state index in [9.17, 15) is 9.18 Å². The van der Waals surface area contributed by atoms with Gasteiger partial charge in [-0.3, -0.25) is 9.89 Å². The number of carbonyl (C=O) groups is 1. The summed E-state index contributed by atoms with van der Waals surface area (Å²) in [6, 6.07) is 21.7. The summed E-state index contributed by atoms with van der Waals surface area (Å²) in [5.41, 5.74) is 3.89. The molecule has 5 rings (SSSR count). The van der Waals surface area contributed by atoms with Gasteiger partial charge in [0.25, 0.3) is 0 Å². The van der Waals surface area contributed by atoms with Crippen molar-refractivity contribution >= 4 is 5.97 Å². The van der Waals surface area contributed by atoms with E-state index in [1.807, 2.05) is 42.5 Å². The van der Waals surface area contributed by atoms with Crippen molar-refractivity contribution in [2.45, 2.75) is 18.9 Å². The van der Waals surface area contributed by atoms with Gasteiger partial charge in [-0.25, -0.2) is 4.39 Å². The number of halogens is 1. The average molecular weight is 444 g/mol. The maximum atomic E-state index is 13.9. The molecule has 166 valence electrons. The van der Waals surface area contributed by atoms with Gasteiger partial charge in [0.2, 0.25) is 5.88 Å². The van der Waals surface area contributed by atoms with Crippen LogP contribution >= 0.6 is 0 Å². The quantitative estimate of drug-likeness (QED) is 0.412. The number of hydrogen-bond acceptors (Lipinski definition) is 5. The Labute approximate surface area is 189 Å². The molecule has 1 aliphatic heterocycles. The lowest BCUT2D eigenvalue weighted by atomic mass is 9.85. The zero-order chi connectivity index (χ0) is 22.8. The Morgan fingerprint density at radius 3 is 2.64 bits per heavy atom. The van der Waals surface area contributed by atoms with Crippen LogP contribution in [0, 0.1) is 5.82 Å². The Morgan fingerprint density at radius 2 is 1.85 bits per heavy atom. The second-order valence-electron chi connectivity index (χ2n) is 7.70. The first-order chi connectivity index (χ1) is 16.1. The second-order valence-corrected chi connectivity index (χ2v) is 7.70. The van der Waals surface area contributed by atoms with Crippen LogP contribution in [0.15, 0.2) is 72.8 Å². The molecule has 0 fully saturated rings. The van der Waals surface area contributed by atoms with Crippen molar-refractivity contribution < 1.29 is 23.4 Å². The van der Waals surface area contributed by atoms with Gasteiger partial charge < -0.3 is 14.2 Å². The Balaban J connectivity index is 1.48. The maximum absolute atomic E-state index is 13.9. The molecule has 0 amide bonds. The van der Waals surface area contributed by atoms with E-state index in [-0.39, 0.29) is 36.6 Å². The number of nitrogens with zero attached hydrogens (tertiary/aromatic N) is 1. The number of esters is 1. The van der Waals surface area contributed by atoms with Crippen LogP contribution < -0.4 is 14.2 Å². The Hall–Kier alpha value is -4.13. The van der Waals surface area contributed by atoms with Crippen LogP contribution in [0.4, 0.5) is 4.39 Å². The van der Waals surface area contributed by atoms with Crippen LogP contribution in [0.5, 0.6) is 17.4 Å². The summed E-state index contributed by atoms with van der Waals surface area (Å²) < 4.78 is 30.7. The van der Waals surface area contributed by atoms with E-state index in [1.54, 1.807) is 31.4 Å². The summed E-state index contributed by atoms with van der Waals surface area (Å²) in [5, 5.41) is 7.25. The monoisotopic (exact) mass is 444 g/mol. The van der Waals surface area contributed by atoms with Crippen molar-refractivity contribution in [2.75, 3.05) is 7.11 Å². The number of rotatable bonds is 6. The summed E-state index contributed by atoms with van der Waals surface area (Å²) in [7, 11) is 1.54. The smallest absolute Gasteiger partial charge is 0.313 e. The molecule has 1 N–H and O–H groups in total. The molecule has 1 atom stereocenters. The van der Waals surface area contributed by atoms with E-state index in [0.717, 1.165) is 22.4 Å². The van der Waals surface area contributed by atoms with E-state index >= 15 is 0 Å². The van der Waals surface area contributed by atoms with E-state index in [0.29, 0.717) is 17.1 Å². The van der Waals surface area contributed by atoms with Crippen LogP contribution in [0.2, 0.25) is 0 Å². The normalized spacial score (nSPS) is 15.0. The molecular formula is C26H21FN2O4. The Bertz CT molecular complexity index is 1300. The molecule has 7 heteroatoms. The lowest BCUT2D eigenvalue weighted by Crippen LogP contribution is -2.21. The summed E-state index contributed by atoms with van der Waals surface area (Å²) in [5.74, 6) is 0.318. The predicted molar refractivity (Wildman–Crippen MR) is 120 cm³/mol. The summed E-state index contributed by atoms with van der Waals surface area (Å²) >= 11 is 0. The summed E-state index contributed by atoms with van der Waals surface area (Å²) in [4.78, 5) is 12.3. The van der Waals surface area contributed by atoms with Gasteiger partial charge in [-0.2, -0.15) is 0 Å². The van der Waals surface area contributed by atoms with Crippen molar-refractivity contribution in [2.24, 2.45) is 0 Å². The SMILES string of the molecule is COc1cc(C2CC(=O)Oc3n[nH]c(-c4ccccc4)c32)ccc1OCc1ccccc1F. The fourth-order valence-corrected chi connectivity index (χ4v) is 4.05. The van der Waals surface area contributed by atoms with Gasteiger partial charge in [-0.05, 0) is 29.3 Å². The highest BCUT2D eigenvalue weighted by Crippen LogP contribution is 2.44. The van der Waals surface area contributed by atoms with Crippen molar-refractivity contribution in [3.63, 3.8) is 0 Å². The molecule has 1 unspecified atom stereocenters. The van der Waals surface area contributed by atoms with Crippen LogP contribution in [0.1, 0.15) is 29.0 Å². The van der Waals surface area contributed by atoms with Crippen LogP contribution in [-0.2, 0) is 11.4 Å². The third-order valence-electron chi connectivity index (χ3n) is 5.69. The lowest BCUT2D eigenvalue weighted by molar-refractivity contribution is -0.135. The predicted octanol–water partition coefficient (Wildman–Crippen LogP) is 5.24. The maximum Gasteiger partial charge on any atom is 0.313 e. The van der Waals surface area contributed by atoms with Gasteiger partial charge in [0, 0.05) is 11.5 Å². The molecule has 6 nitrogen and oxygen atoms in total. The van der Waals surface area contributed by atoms with Gasteiger partial charge in [0.1, 0.15) is 12.4 Å². The molecular weight excluding hydrogens is 423 g/mol. The van der Waals surface area contributed by atoms with Gasteiger partial charge in [0.15, 0.2) is 11.5 Å². The number of ether oxygens (including phenoxy) is 3. The summed E-state index contributed by atoms with van der Waals surface area (Å²) in [6.07, 6.45) is 0.172. The van der Waals surface area contributed by atoms with Crippen LogP contribution in [0.25, 0.3) is 11.3 Å². The van der Waals surface area contributed by atoms with E-state index in [1.165, 1.54) is 6.07 Å². The molecule has 0 saturated carbocycles. The second kappa shape index (κ2) is 8.78. The molecule has 1 aliphatic rings. The number of benzene rings is 3. The molecule has 0 bridgehead atoms. The minimum Gasteiger partial charge on any atom is -0.493 e. The van der Waals surface area contributed by atoms with Crippen molar-refractivity contribution in [3.05, 3.63) is 95.3 Å². The molecule has 2 heterocycles. The number of carbonyl (C=O) groups excluding carboxylic acids is 1. The van der Waals surface area contributed by atoms with Gasteiger partial charge >= 0.3 is 5.97 Å². The van der Waals surface area contributed by atoms with Crippen LogP contribution in [0.3, 0.4) is 0 Å². The Morgan fingerprint density at radius 1 is 1.06 bits per heavy atom. The van der Waals surface area contributed by atoms with Gasteiger partial charge in [-0.1, -0.05) is 54.6 Å². The first-order valence-corrected chi connectivity index (χ1v) is 10.5. The fraction of sp³-hybridized carbons (Fsp3) is 0.154. The average Bonchev–Trinajstić information content (AvgIpc) is 3.27. The number of fused-ring (bicyclic) bond motifs is 1. The number of nitrogens with one attached hydrogen (secondary N) is 1. The van der Waals surface area contributed by atoms with E-state index in [4.69, 9.17) is 14.2 Å². The highest BCUT2D eigenvalue weighted by Gasteiger charge is 2.34. The lowest BCUT2D eigenvalue weighted by Gasteiger charge is -2.23. The highest BCUT2D eigenvalue weighted by molar-refractivity contribution is 5.80. The van der Waals surface area contributed by atoms with Crippen molar-refractivity contribution in [1.29, 1.82) is 0 Å². The number of aromatic nitrogens is 2. The fourth-order valence-electron chi connectivity index (χ4n) is 4.05. The number of H-pyrrole nitrogens is 1. The topological polar surface area (TPSA) is 73.4 Å². The standard InChI is InChI=1S/C26H21FN2O4/c1-31-22-13-17(11-12-21(22)32-15-18-9-5-6-10-20(18)27)19-14-23(30)33-26-24(19)25(28-29-26)16-7-3-2-4-8-16/h2-13,19H,14-15H2,1H3,(H,28,29). The zero-order valence-corrected chi connectivity index (χ0v) is 17.9. The van der Waals surface area contributed by atoms with Crippen molar-refractivity contribution in [3.8, 4) is 28.6 Å². The molecule has 0 radical (unpaired) electrons. The van der Waals surface area contributed by atoms with Crippen LogP contribution in [-0.4, -0.2) is 23.3 Å². The molecule has 0 saturated heterocycles. The first-order valence-electron chi connectivity index (χ1n) is 10.5. The molecule has 33 heavy (non-hydrogen) atoms. The van der Waals surface area contributed by atoms with Crippen molar-refractivity contribution in [1.82, 2.24) is 10.2 Å². The van der Waals surface area contributed by atoms with Gasteiger partial charge in [-0.15, -0.1) is 5.10 Å². The third-order valence-corrected chi connectivity index (χ3v) is 5.69. The third kappa shape index (κ3) is 4.05. The molecule has 4 aromatic rings. The first kappa shape index (κ1) is 20.8. The Kier molecular flexibility index (Phi) is 5.52. The molecule has 3 aromatic carbocycles. The largest absolute Gasteiger partial charge is 0.493 e. The minimum atomic E-state index is -0.350. The molecule has 1 aromatic heterocycles. The zero-order valence-electron chi connectivity index (χ0n) is 17.9. The van der Waals surface area contributed by atoms with E-state index < -0.39 is 0 Å². The molecule has 0 aliphatic carbocycles. The number of hydrogen-bond donors (Lipinski definition) is 1. The highest BCUT2D eigenvalue weighted by atomic mass is 19.1. The van der Waals surface area contributed by atoms with Gasteiger partial charge in [0.05, 0.1) is 24.8 Å². The van der Waals surface area contributed by atoms with E-state index in [2.05, 4.69) is 10.2 Å². The minimum absolute atomic E-state index is 0.0716.